The molecular formula is C19H26N2O. The summed E-state index contributed by atoms with van der Waals surface area (Å²) in [6.45, 7) is 5.41. The van der Waals surface area contributed by atoms with Gasteiger partial charge in [-0.25, -0.2) is 0 Å². The van der Waals surface area contributed by atoms with Crippen molar-refractivity contribution in [2.75, 3.05) is 32.8 Å². The third-order valence-corrected chi connectivity index (χ3v) is 4.70. The molecule has 0 saturated carbocycles. The summed E-state index contributed by atoms with van der Waals surface area (Å²) >= 11 is 0. The smallest absolute Gasteiger partial charge is 0.0558 e. The molecule has 1 aliphatic rings. The van der Waals surface area contributed by atoms with Gasteiger partial charge in [-0.1, -0.05) is 36.4 Å². The Morgan fingerprint density at radius 3 is 2.59 bits per heavy atom. The van der Waals surface area contributed by atoms with Gasteiger partial charge < -0.3 is 15.3 Å². The molecule has 0 spiro atoms. The number of rotatable bonds is 6. The maximum atomic E-state index is 8.97. The number of piperidine rings is 1. The molecule has 118 valence electrons. The Kier molecular flexibility index (Phi) is 5.43. The van der Waals surface area contributed by atoms with Gasteiger partial charge in [-0.05, 0) is 60.8 Å². The first kappa shape index (κ1) is 15.5. The van der Waals surface area contributed by atoms with Crippen LogP contribution in [0.3, 0.4) is 0 Å². The molecular weight excluding hydrogens is 272 g/mol. The van der Waals surface area contributed by atoms with Crippen molar-refractivity contribution in [2.45, 2.75) is 19.4 Å². The van der Waals surface area contributed by atoms with Gasteiger partial charge in [0.1, 0.15) is 0 Å². The zero-order valence-corrected chi connectivity index (χ0v) is 13.2. The Labute approximate surface area is 132 Å². The Balaban J connectivity index is 1.44. The zero-order chi connectivity index (χ0) is 15.2. The number of hydrogen-bond donors (Lipinski definition) is 2. The summed E-state index contributed by atoms with van der Waals surface area (Å²) in [6, 6.07) is 15.2. The maximum Gasteiger partial charge on any atom is 0.0558 e. The molecule has 0 atom stereocenters. The van der Waals surface area contributed by atoms with Crippen molar-refractivity contribution < 1.29 is 5.11 Å². The van der Waals surface area contributed by atoms with Crippen LogP contribution >= 0.6 is 0 Å². The number of likely N-dealkylation sites (tertiary alicyclic amines) is 1. The van der Waals surface area contributed by atoms with E-state index in [1.54, 1.807) is 0 Å². The van der Waals surface area contributed by atoms with Crippen molar-refractivity contribution in [3.63, 3.8) is 0 Å². The lowest BCUT2D eigenvalue weighted by molar-refractivity contribution is 0.146. The van der Waals surface area contributed by atoms with Gasteiger partial charge in [0.2, 0.25) is 0 Å². The van der Waals surface area contributed by atoms with Crippen LogP contribution in [0.4, 0.5) is 0 Å². The molecule has 1 fully saturated rings. The highest BCUT2D eigenvalue weighted by atomic mass is 16.3. The summed E-state index contributed by atoms with van der Waals surface area (Å²) in [4.78, 5) is 2.36. The fraction of sp³-hybridized carbons (Fsp3) is 0.474. The first-order valence-corrected chi connectivity index (χ1v) is 8.37. The highest BCUT2D eigenvalue weighted by Crippen LogP contribution is 2.17. The summed E-state index contributed by atoms with van der Waals surface area (Å²) in [5.74, 6) is 0.774. The van der Waals surface area contributed by atoms with Crippen LogP contribution in [0.15, 0.2) is 42.5 Å². The molecule has 3 heteroatoms. The summed E-state index contributed by atoms with van der Waals surface area (Å²) in [5.41, 5.74) is 1.36. The van der Waals surface area contributed by atoms with Gasteiger partial charge in [0.15, 0.2) is 0 Å². The molecule has 0 aromatic heterocycles. The van der Waals surface area contributed by atoms with E-state index in [0.29, 0.717) is 0 Å². The summed E-state index contributed by atoms with van der Waals surface area (Å²) in [6.07, 6.45) is 2.48. The molecule has 1 saturated heterocycles. The number of aliphatic hydroxyl groups is 1. The van der Waals surface area contributed by atoms with Crippen molar-refractivity contribution in [1.29, 1.82) is 0 Å². The molecule has 1 aliphatic heterocycles. The van der Waals surface area contributed by atoms with Gasteiger partial charge in [-0.3, -0.25) is 0 Å². The van der Waals surface area contributed by atoms with Crippen molar-refractivity contribution in [2.24, 2.45) is 5.92 Å². The van der Waals surface area contributed by atoms with Crippen LogP contribution in [-0.2, 0) is 6.54 Å². The molecule has 22 heavy (non-hydrogen) atoms. The molecule has 1 heterocycles. The Hall–Kier alpha value is -1.42. The monoisotopic (exact) mass is 298 g/mol. The molecule has 3 rings (SSSR count). The second-order valence-corrected chi connectivity index (χ2v) is 6.32. The SMILES string of the molecule is OCCN1CCC(CNCc2ccc3ccccc3c2)CC1. The van der Waals surface area contributed by atoms with E-state index in [9.17, 15) is 0 Å². The van der Waals surface area contributed by atoms with E-state index in [1.165, 1.54) is 29.2 Å². The van der Waals surface area contributed by atoms with Crippen molar-refractivity contribution in [3.05, 3.63) is 48.0 Å². The van der Waals surface area contributed by atoms with Crippen LogP contribution in [-0.4, -0.2) is 42.8 Å². The number of β-amino-alcohol motifs (C(OH)–C–C–N with tert-alkyl or cyclic N) is 1. The molecule has 0 amide bonds. The van der Waals surface area contributed by atoms with E-state index in [0.717, 1.165) is 38.6 Å². The van der Waals surface area contributed by atoms with Gasteiger partial charge >= 0.3 is 0 Å². The van der Waals surface area contributed by atoms with E-state index in [2.05, 4.69) is 52.7 Å². The molecule has 0 unspecified atom stereocenters. The third-order valence-electron chi connectivity index (χ3n) is 4.70. The number of hydrogen-bond acceptors (Lipinski definition) is 3. The predicted molar refractivity (Wildman–Crippen MR) is 91.9 cm³/mol. The highest BCUT2D eigenvalue weighted by molar-refractivity contribution is 5.82. The average Bonchev–Trinajstić information content (AvgIpc) is 2.57. The average molecular weight is 298 g/mol. The second-order valence-electron chi connectivity index (χ2n) is 6.32. The van der Waals surface area contributed by atoms with Crippen molar-refractivity contribution in [1.82, 2.24) is 10.2 Å². The number of fused-ring (bicyclic) bond motifs is 1. The van der Waals surface area contributed by atoms with Crippen molar-refractivity contribution in [3.8, 4) is 0 Å². The normalized spacial score (nSPS) is 17.1. The quantitative estimate of drug-likeness (QED) is 0.860. The largest absolute Gasteiger partial charge is 0.395 e. The fourth-order valence-electron chi connectivity index (χ4n) is 3.32. The van der Waals surface area contributed by atoms with Gasteiger partial charge in [0.05, 0.1) is 6.61 Å². The number of benzene rings is 2. The van der Waals surface area contributed by atoms with Crippen molar-refractivity contribution >= 4 is 10.8 Å². The van der Waals surface area contributed by atoms with Crippen LogP contribution in [0.2, 0.25) is 0 Å². The first-order valence-electron chi connectivity index (χ1n) is 8.37. The number of nitrogens with zero attached hydrogens (tertiary/aromatic N) is 1. The fourth-order valence-corrected chi connectivity index (χ4v) is 3.32. The third kappa shape index (κ3) is 4.07. The minimum absolute atomic E-state index is 0.283. The van der Waals surface area contributed by atoms with Gasteiger partial charge in [0, 0.05) is 13.1 Å². The lowest BCUT2D eigenvalue weighted by Gasteiger charge is -2.31. The van der Waals surface area contributed by atoms with Gasteiger partial charge in [-0.15, -0.1) is 0 Å². The molecule has 3 nitrogen and oxygen atoms in total. The lowest BCUT2D eigenvalue weighted by Crippen LogP contribution is -2.38. The summed E-state index contributed by atoms with van der Waals surface area (Å²) < 4.78 is 0. The van der Waals surface area contributed by atoms with Gasteiger partial charge in [0.25, 0.3) is 0 Å². The number of aliphatic hydroxyl groups excluding tert-OH is 1. The van der Waals surface area contributed by atoms with Gasteiger partial charge in [-0.2, -0.15) is 0 Å². The Morgan fingerprint density at radius 1 is 1.05 bits per heavy atom. The molecule has 2 aromatic carbocycles. The van der Waals surface area contributed by atoms with Crippen LogP contribution in [0.25, 0.3) is 10.8 Å². The first-order chi connectivity index (χ1) is 10.8. The maximum absolute atomic E-state index is 8.97. The van der Waals surface area contributed by atoms with Crippen LogP contribution in [0, 0.1) is 5.92 Å². The second kappa shape index (κ2) is 7.73. The van der Waals surface area contributed by atoms with E-state index < -0.39 is 0 Å². The predicted octanol–water partition coefficient (Wildman–Crippen LogP) is 2.63. The number of nitrogens with one attached hydrogen (secondary N) is 1. The Morgan fingerprint density at radius 2 is 1.82 bits per heavy atom. The Bertz CT molecular complexity index is 591. The summed E-state index contributed by atoms with van der Waals surface area (Å²) in [7, 11) is 0. The van der Waals surface area contributed by atoms with E-state index in [-0.39, 0.29) is 6.61 Å². The topological polar surface area (TPSA) is 35.5 Å². The standard InChI is InChI=1S/C19H26N2O/c22-12-11-21-9-7-16(8-10-21)14-20-15-17-5-6-18-3-1-2-4-19(18)13-17/h1-6,13,16,20,22H,7-12,14-15H2. The minimum atomic E-state index is 0.283. The molecule has 2 N–H and O–H groups in total. The molecule has 0 bridgehead atoms. The van der Waals surface area contributed by atoms with E-state index in [1.807, 2.05) is 0 Å². The van der Waals surface area contributed by atoms with Crippen LogP contribution in [0.5, 0.6) is 0 Å². The van der Waals surface area contributed by atoms with E-state index in [4.69, 9.17) is 5.11 Å². The van der Waals surface area contributed by atoms with Crippen LogP contribution < -0.4 is 5.32 Å². The molecule has 0 aliphatic carbocycles. The van der Waals surface area contributed by atoms with E-state index >= 15 is 0 Å². The minimum Gasteiger partial charge on any atom is -0.395 e. The lowest BCUT2D eigenvalue weighted by atomic mass is 9.96. The zero-order valence-electron chi connectivity index (χ0n) is 13.2. The molecule has 2 aromatic rings. The summed E-state index contributed by atoms with van der Waals surface area (Å²) in [5, 5.41) is 15.2. The van der Waals surface area contributed by atoms with Crippen LogP contribution in [0.1, 0.15) is 18.4 Å². The highest BCUT2D eigenvalue weighted by Gasteiger charge is 2.18. The molecule has 0 radical (unpaired) electrons.